The Hall–Kier alpha value is -0.0200. The van der Waals surface area contributed by atoms with Crippen molar-refractivity contribution in [1.82, 2.24) is 10.2 Å². The van der Waals surface area contributed by atoms with Crippen LogP contribution in [0.1, 0.15) is 20.8 Å². The summed E-state index contributed by atoms with van der Waals surface area (Å²) in [6, 6.07) is 0. The highest BCUT2D eigenvalue weighted by molar-refractivity contribution is 14.0. The number of nitrogens with zero attached hydrogens (tertiary/aromatic N) is 2. The van der Waals surface area contributed by atoms with Crippen LogP contribution in [0.15, 0.2) is 16.6 Å². The van der Waals surface area contributed by atoms with Crippen LogP contribution in [0.4, 0.5) is 0 Å². The van der Waals surface area contributed by atoms with Crippen LogP contribution in [-0.2, 0) is 9.84 Å². The van der Waals surface area contributed by atoms with Crippen molar-refractivity contribution in [2.45, 2.75) is 25.5 Å². The van der Waals surface area contributed by atoms with Gasteiger partial charge >= 0.3 is 0 Å². The zero-order valence-electron chi connectivity index (χ0n) is 12.1. The van der Waals surface area contributed by atoms with Gasteiger partial charge in [0.15, 0.2) is 15.8 Å². The molecule has 0 aliphatic carbocycles. The van der Waals surface area contributed by atoms with E-state index >= 15 is 0 Å². The average Bonchev–Trinajstić information content (AvgIpc) is 2.28. The predicted molar refractivity (Wildman–Crippen MR) is 95.8 cm³/mol. The standard InChI is InChI=1S/C12H22ClN3O2S.HI/c1-5-14-11(15-8-10(2)13)16-6-7-19(17,18)12(3,4)9-16;/h2,5-9H2,1,3-4H3,(H,14,15);1H. The van der Waals surface area contributed by atoms with Crippen LogP contribution in [0.25, 0.3) is 0 Å². The molecule has 1 N–H and O–H groups in total. The van der Waals surface area contributed by atoms with Crippen molar-refractivity contribution in [2.75, 3.05) is 31.9 Å². The van der Waals surface area contributed by atoms with Crippen molar-refractivity contribution in [2.24, 2.45) is 4.99 Å². The second-order valence-electron chi connectivity index (χ2n) is 5.19. The van der Waals surface area contributed by atoms with Gasteiger partial charge in [-0.3, -0.25) is 0 Å². The van der Waals surface area contributed by atoms with E-state index in [1.807, 2.05) is 11.8 Å². The molecular formula is C12H23ClIN3O2S. The minimum Gasteiger partial charge on any atom is -0.357 e. The third kappa shape index (κ3) is 5.07. The zero-order valence-corrected chi connectivity index (χ0v) is 16.1. The predicted octanol–water partition coefficient (Wildman–Crippen LogP) is 1.83. The first-order chi connectivity index (χ1) is 8.69. The lowest BCUT2D eigenvalue weighted by molar-refractivity contribution is 0.353. The van der Waals surface area contributed by atoms with E-state index in [1.54, 1.807) is 13.8 Å². The molecule has 0 aromatic carbocycles. The maximum Gasteiger partial charge on any atom is 0.194 e. The number of nitrogens with one attached hydrogen (secondary N) is 1. The summed E-state index contributed by atoms with van der Waals surface area (Å²) in [5, 5.41) is 3.61. The Morgan fingerprint density at radius 3 is 2.55 bits per heavy atom. The van der Waals surface area contributed by atoms with E-state index in [-0.39, 0.29) is 29.7 Å². The van der Waals surface area contributed by atoms with Gasteiger partial charge in [0.2, 0.25) is 0 Å². The minimum absolute atomic E-state index is 0. The van der Waals surface area contributed by atoms with Gasteiger partial charge in [-0.05, 0) is 20.8 Å². The van der Waals surface area contributed by atoms with Crippen LogP contribution in [-0.4, -0.2) is 56.0 Å². The lowest BCUT2D eigenvalue weighted by Gasteiger charge is -2.39. The van der Waals surface area contributed by atoms with Gasteiger partial charge < -0.3 is 10.2 Å². The van der Waals surface area contributed by atoms with E-state index in [1.165, 1.54) is 0 Å². The van der Waals surface area contributed by atoms with Gasteiger partial charge in [-0.2, -0.15) is 0 Å². The molecule has 1 rings (SSSR count). The molecule has 1 aliphatic heterocycles. The molecule has 8 heteroatoms. The van der Waals surface area contributed by atoms with E-state index in [0.29, 0.717) is 30.6 Å². The van der Waals surface area contributed by atoms with Crippen molar-refractivity contribution in [1.29, 1.82) is 0 Å². The summed E-state index contributed by atoms with van der Waals surface area (Å²) in [4.78, 5) is 6.32. The molecule has 0 radical (unpaired) electrons. The fourth-order valence-electron chi connectivity index (χ4n) is 1.91. The molecule has 118 valence electrons. The Bertz CT molecular complexity index is 477. The number of hydrogen-bond acceptors (Lipinski definition) is 3. The number of hydrogen-bond donors (Lipinski definition) is 1. The van der Waals surface area contributed by atoms with Gasteiger partial charge in [-0.25, -0.2) is 13.4 Å². The maximum absolute atomic E-state index is 12.0. The monoisotopic (exact) mass is 435 g/mol. The van der Waals surface area contributed by atoms with Crippen molar-refractivity contribution in [3.63, 3.8) is 0 Å². The third-order valence-corrected chi connectivity index (χ3v) is 5.73. The molecule has 1 saturated heterocycles. The summed E-state index contributed by atoms with van der Waals surface area (Å²) in [6.07, 6.45) is 0. The number of sulfone groups is 1. The molecule has 0 spiro atoms. The summed E-state index contributed by atoms with van der Waals surface area (Å²) in [7, 11) is -3.04. The minimum atomic E-state index is -3.04. The van der Waals surface area contributed by atoms with E-state index in [9.17, 15) is 8.42 Å². The van der Waals surface area contributed by atoms with Crippen LogP contribution in [0.3, 0.4) is 0 Å². The molecule has 1 heterocycles. The molecule has 0 aromatic rings. The molecule has 0 unspecified atom stereocenters. The molecule has 1 aliphatic rings. The molecule has 5 nitrogen and oxygen atoms in total. The summed E-state index contributed by atoms with van der Waals surface area (Å²) in [5.41, 5.74) is 0. The first kappa shape index (κ1) is 20.0. The van der Waals surface area contributed by atoms with E-state index in [4.69, 9.17) is 11.6 Å². The Morgan fingerprint density at radius 2 is 2.10 bits per heavy atom. The van der Waals surface area contributed by atoms with Crippen molar-refractivity contribution in [3.8, 4) is 0 Å². The molecule has 1 fully saturated rings. The first-order valence-electron chi connectivity index (χ1n) is 6.28. The Balaban J connectivity index is 0.00000361. The van der Waals surface area contributed by atoms with Crippen LogP contribution < -0.4 is 5.32 Å². The average molecular weight is 436 g/mol. The van der Waals surface area contributed by atoms with E-state index in [2.05, 4.69) is 16.9 Å². The Labute approximate surface area is 143 Å². The normalized spacial score (nSPS) is 21.0. The number of guanidine groups is 1. The highest BCUT2D eigenvalue weighted by Crippen LogP contribution is 2.23. The second-order valence-corrected chi connectivity index (χ2v) is 8.46. The smallest absolute Gasteiger partial charge is 0.194 e. The molecule has 0 saturated carbocycles. The highest BCUT2D eigenvalue weighted by atomic mass is 127. The zero-order chi connectivity index (χ0) is 14.7. The quantitative estimate of drug-likeness (QED) is 0.417. The van der Waals surface area contributed by atoms with Crippen LogP contribution >= 0.6 is 35.6 Å². The SMILES string of the molecule is C=C(Cl)CN=C(NCC)N1CCS(=O)(=O)C(C)(C)C1.I. The van der Waals surface area contributed by atoms with Gasteiger partial charge in [0.25, 0.3) is 0 Å². The van der Waals surface area contributed by atoms with Crippen LogP contribution in [0, 0.1) is 0 Å². The molecule has 0 aromatic heterocycles. The summed E-state index contributed by atoms with van der Waals surface area (Å²) in [5.74, 6) is 0.832. The maximum atomic E-state index is 12.0. The van der Waals surface area contributed by atoms with Gasteiger partial charge in [0.05, 0.1) is 17.0 Å². The van der Waals surface area contributed by atoms with E-state index < -0.39 is 14.6 Å². The number of halogens is 2. The van der Waals surface area contributed by atoms with Crippen molar-refractivity contribution >= 4 is 51.4 Å². The molecule has 0 amide bonds. The lowest BCUT2D eigenvalue weighted by Crippen LogP contribution is -2.57. The molecular weight excluding hydrogens is 413 g/mol. The third-order valence-electron chi connectivity index (χ3n) is 3.08. The topological polar surface area (TPSA) is 61.8 Å². The van der Waals surface area contributed by atoms with Crippen LogP contribution in [0.2, 0.25) is 0 Å². The Kier molecular flexibility index (Phi) is 7.83. The number of aliphatic imine (C=N–C) groups is 1. The summed E-state index contributed by atoms with van der Waals surface area (Å²) >= 11 is 5.72. The Morgan fingerprint density at radius 1 is 1.50 bits per heavy atom. The van der Waals surface area contributed by atoms with Crippen molar-refractivity contribution < 1.29 is 8.42 Å². The molecule has 0 atom stereocenters. The van der Waals surface area contributed by atoms with Crippen LogP contribution in [0.5, 0.6) is 0 Å². The van der Waals surface area contributed by atoms with Gasteiger partial charge in [0.1, 0.15) is 0 Å². The fourth-order valence-corrected chi connectivity index (χ4v) is 3.34. The van der Waals surface area contributed by atoms with E-state index in [0.717, 1.165) is 6.54 Å². The van der Waals surface area contributed by atoms with Gasteiger partial charge in [-0.15, -0.1) is 24.0 Å². The first-order valence-corrected chi connectivity index (χ1v) is 8.31. The molecule has 20 heavy (non-hydrogen) atoms. The second kappa shape index (κ2) is 7.84. The van der Waals surface area contributed by atoms with Gasteiger partial charge in [-0.1, -0.05) is 18.2 Å². The summed E-state index contributed by atoms with van der Waals surface area (Å²) in [6.45, 7) is 11.0. The number of rotatable bonds is 3. The highest BCUT2D eigenvalue weighted by Gasteiger charge is 2.40. The summed E-state index contributed by atoms with van der Waals surface area (Å²) < 4.78 is 23.2. The largest absolute Gasteiger partial charge is 0.357 e. The van der Waals surface area contributed by atoms with Crippen molar-refractivity contribution in [3.05, 3.63) is 11.6 Å². The fraction of sp³-hybridized carbons (Fsp3) is 0.750. The molecule has 0 bridgehead atoms. The van der Waals surface area contributed by atoms with Gasteiger partial charge in [0, 0.05) is 24.7 Å². The lowest BCUT2D eigenvalue weighted by atomic mass is 10.2.